The first-order valence-electron chi connectivity index (χ1n) is 14.1. The maximum atomic E-state index is 14.3. The number of aliphatic hydroxyl groups is 1. The van der Waals surface area contributed by atoms with Crippen LogP contribution in [-0.4, -0.2) is 45.1 Å². The first-order chi connectivity index (χ1) is 17.7. The van der Waals surface area contributed by atoms with Crippen LogP contribution in [0.1, 0.15) is 67.2 Å². The minimum absolute atomic E-state index is 0.0450. The van der Waals surface area contributed by atoms with Gasteiger partial charge in [-0.15, -0.1) is 0 Å². The quantitative estimate of drug-likeness (QED) is 0.187. The summed E-state index contributed by atoms with van der Waals surface area (Å²) in [6.45, 7) is 11.9. The lowest BCUT2D eigenvalue weighted by molar-refractivity contribution is -0.180. The number of carbonyl (C=O) groups is 3. The van der Waals surface area contributed by atoms with Crippen LogP contribution >= 0.6 is 23.2 Å². The zero-order chi connectivity index (χ0) is 28.4. The minimum atomic E-state index is -2.35. The van der Waals surface area contributed by atoms with Crippen molar-refractivity contribution >= 4 is 40.6 Å². The summed E-state index contributed by atoms with van der Waals surface area (Å²) in [5.41, 5.74) is -1.07. The van der Waals surface area contributed by atoms with E-state index in [1.165, 1.54) is 6.92 Å². The highest BCUT2D eigenvalue weighted by Gasteiger charge is 2.59. The summed E-state index contributed by atoms with van der Waals surface area (Å²) in [6, 6.07) is 0. The third-order valence-corrected chi connectivity index (χ3v) is 9.68. The van der Waals surface area contributed by atoms with Crippen LogP contribution in [0.3, 0.4) is 0 Å². The highest BCUT2D eigenvalue weighted by Crippen LogP contribution is 2.53. The van der Waals surface area contributed by atoms with E-state index < -0.39 is 39.4 Å². The summed E-state index contributed by atoms with van der Waals surface area (Å²) in [4.78, 5) is 40.7. The van der Waals surface area contributed by atoms with E-state index in [1.807, 2.05) is 51.2 Å². The Morgan fingerprint density at radius 3 is 2.32 bits per heavy atom. The van der Waals surface area contributed by atoms with E-state index >= 15 is 0 Å². The summed E-state index contributed by atoms with van der Waals surface area (Å²) < 4.78 is 3.89. The Morgan fingerprint density at radius 1 is 1.00 bits per heavy atom. The van der Waals surface area contributed by atoms with E-state index in [1.54, 1.807) is 6.92 Å². The number of hydrogen-bond acceptors (Lipinski definition) is 5. The predicted octanol–water partition coefficient (Wildman–Crippen LogP) is 6.30. The minimum Gasteiger partial charge on any atom is -0.387 e. The van der Waals surface area contributed by atoms with Crippen LogP contribution in [0.2, 0.25) is 0 Å². The van der Waals surface area contributed by atoms with Gasteiger partial charge in [0.05, 0.1) is 17.6 Å². The van der Waals surface area contributed by atoms with Crippen molar-refractivity contribution in [1.29, 1.82) is 0 Å². The van der Waals surface area contributed by atoms with E-state index in [2.05, 4.69) is 13.0 Å². The summed E-state index contributed by atoms with van der Waals surface area (Å²) in [5.74, 6) is -4.29. The first kappa shape index (κ1) is 31.3. The largest absolute Gasteiger partial charge is 0.387 e. The predicted molar refractivity (Wildman–Crippen MR) is 152 cm³/mol. The normalized spacial score (nSPS) is 43.6. The van der Waals surface area contributed by atoms with E-state index in [9.17, 15) is 19.5 Å². The fraction of sp³-hybridized carbons (Fsp3) is 0.710. The molecule has 0 saturated heterocycles. The Balaban J connectivity index is 2.11. The van der Waals surface area contributed by atoms with Crippen molar-refractivity contribution in [2.45, 2.75) is 83.3 Å². The van der Waals surface area contributed by atoms with Gasteiger partial charge in [0.25, 0.3) is 0 Å². The number of ether oxygens (including phenoxy) is 1. The Kier molecular flexibility index (Phi) is 10.3. The Morgan fingerprint density at radius 2 is 1.66 bits per heavy atom. The molecule has 0 aromatic rings. The lowest BCUT2D eigenvalue weighted by Gasteiger charge is -2.54. The van der Waals surface area contributed by atoms with Crippen molar-refractivity contribution in [3.8, 4) is 0 Å². The van der Waals surface area contributed by atoms with Gasteiger partial charge < -0.3 is 9.84 Å². The van der Waals surface area contributed by atoms with Crippen molar-refractivity contribution < 1.29 is 24.2 Å². The van der Waals surface area contributed by atoms with Crippen LogP contribution in [0.4, 0.5) is 0 Å². The first-order valence-corrected chi connectivity index (χ1v) is 14.9. The summed E-state index contributed by atoms with van der Waals surface area (Å²) >= 11 is 13.3. The highest BCUT2D eigenvalue weighted by atomic mass is 35.5. The van der Waals surface area contributed by atoms with E-state index in [-0.39, 0.29) is 47.7 Å². The average Bonchev–Trinajstić information content (AvgIpc) is 2.85. The molecule has 0 unspecified atom stereocenters. The third-order valence-electron chi connectivity index (χ3n) is 8.94. The highest BCUT2D eigenvalue weighted by molar-refractivity contribution is 6.68. The number of ketones is 3. The molecule has 7 heteroatoms. The molecule has 0 aromatic heterocycles. The van der Waals surface area contributed by atoms with Crippen molar-refractivity contribution in [1.82, 2.24) is 0 Å². The topological polar surface area (TPSA) is 80.7 Å². The van der Waals surface area contributed by atoms with Gasteiger partial charge in [-0.1, -0.05) is 93.8 Å². The van der Waals surface area contributed by atoms with Crippen LogP contribution in [0.15, 0.2) is 36.5 Å². The molecule has 3 aliphatic rings. The lowest BCUT2D eigenvalue weighted by atomic mass is 9.54. The summed E-state index contributed by atoms with van der Waals surface area (Å²) in [5, 5.41) is 11.4. The molecule has 3 rings (SSSR count). The maximum absolute atomic E-state index is 14.3. The zero-order valence-corrected chi connectivity index (χ0v) is 25.0. The Bertz CT molecular complexity index is 981. The lowest BCUT2D eigenvalue weighted by Crippen LogP contribution is -2.60. The standard InChI is InChI=1S/C31H44Cl2O5/c1-7-8-15-38-29-21(5)25-22(17-30(29,6)37)13-14-23-19(3)12-10-9-11-18(2)16-24(34)20(4)27(35)31(32,33)28(36)26(23)25/h9-14,18-23,25-26,29,37H,7-8,15-17H2,1-6H3/b11-9+,12-10-/t18-,19+,20+,21-,22+,23-,25+,26+,29+,30+/m0/s1. The number of rotatable bonds is 4. The summed E-state index contributed by atoms with van der Waals surface area (Å²) in [6.07, 6.45) is 13.9. The number of carbonyl (C=O) groups excluding carboxylic acids is 3. The number of hydrogen-bond donors (Lipinski definition) is 1. The number of unbranched alkanes of at least 4 members (excludes halogenated alkanes) is 1. The number of fused-ring (bicyclic) bond motifs is 3. The van der Waals surface area contributed by atoms with Crippen molar-refractivity contribution in [3.63, 3.8) is 0 Å². The van der Waals surface area contributed by atoms with Gasteiger partial charge in [0.1, 0.15) is 5.78 Å². The molecule has 38 heavy (non-hydrogen) atoms. The van der Waals surface area contributed by atoms with Crippen LogP contribution in [0.25, 0.3) is 0 Å². The number of allylic oxidation sites excluding steroid dienone is 6. The molecule has 5 nitrogen and oxygen atoms in total. The monoisotopic (exact) mass is 566 g/mol. The van der Waals surface area contributed by atoms with Crippen LogP contribution < -0.4 is 0 Å². The Hall–Kier alpha value is -1.27. The van der Waals surface area contributed by atoms with Gasteiger partial charge in [-0.05, 0) is 62.2 Å². The van der Waals surface area contributed by atoms with Gasteiger partial charge in [0, 0.05) is 18.9 Å². The van der Waals surface area contributed by atoms with Crippen molar-refractivity contribution in [3.05, 3.63) is 36.5 Å². The molecule has 0 heterocycles. The second kappa shape index (κ2) is 12.5. The van der Waals surface area contributed by atoms with Gasteiger partial charge in [0.15, 0.2) is 11.6 Å². The number of Topliss-reactive ketones (excluding diaryl/α,β-unsaturated/α-hetero) is 3. The molecule has 1 saturated carbocycles. The van der Waals surface area contributed by atoms with Crippen molar-refractivity contribution in [2.75, 3.05) is 6.61 Å². The molecular formula is C31H44Cl2O5. The number of halogens is 2. The van der Waals surface area contributed by atoms with Gasteiger partial charge >= 0.3 is 0 Å². The second-order valence-corrected chi connectivity index (χ2v) is 13.4. The van der Waals surface area contributed by atoms with Gasteiger partial charge in [0.2, 0.25) is 4.33 Å². The smallest absolute Gasteiger partial charge is 0.234 e. The SMILES string of the molecule is CCCCO[C@@H]1[C@@H](C)[C@H]2[C@@H]3C(=O)C(Cl)(Cl)C(=O)[C@H](C)C(=O)C[C@@H](C)/C=C/C=C\[C@@H](C)[C@@H]3C=C[C@@H]2C[C@@]1(C)O. The molecule has 3 aliphatic carbocycles. The van der Waals surface area contributed by atoms with E-state index in [0.29, 0.717) is 13.0 Å². The molecule has 0 spiro atoms. The van der Waals surface area contributed by atoms with Gasteiger partial charge in [-0.2, -0.15) is 0 Å². The number of alkyl halides is 2. The van der Waals surface area contributed by atoms with Gasteiger partial charge in [-0.25, -0.2) is 0 Å². The van der Waals surface area contributed by atoms with Crippen LogP contribution in [0.5, 0.6) is 0 Å². The van der Waals surface area contributed by atoms with Crippen LogP contribution in [0, 0.1) is 47.3 Å². The van der Waals surface area contributed by atoms with Crippen LogP contribution in [-0.2, 0) is 19.1 Å². The van der Waals surface area contributed by atoms with Crippen molar-refractivity contribution in [2.24, 2.45) is 47.3 Å². The third kappa shape index (κ3) is 6.37. The average molecular weight is 568 g/mol. The Labute approximate surface area is 238 Å². The molecule has 1 fully saturated rings. The summed E-state index contributed by atoms with van der Waals surface area (Å²) in [7, 11) is 0. The molecule has 10 atom stereocenters. The molecule has 212 valence electrons. The second-order valence-electron chi connectivity index (χ2n) is 12.1. The van der Waals surface area contributed by atoms with E-state index in [0.717, 1.165) is 12.8 Å². The molecule has 0 amide bonds. The van der Waals surface area contributed by atoms with E-state index in [4.69, 9.17) is 27.9 Å². The molecule has 0 aromatic carbocycles. The zero-order valence-electron chi connectivity index (χ0n) is 23.5. The molecule has 1 N–H and O–H groups in total. The fourth-order valence-electron chi connectivity index (χ4n) is 6.79. The fourth-order valence-corrected chi connectivity index (χ4v) is 7.37. The molecule has 0 bridgehead atoms. The maximum Gasteiger partial charge on any atom is 0.234 e. The molecular weight excluding hydrogens is 523 g/mol. The molecule has 0 radical (unpaired) electrons. The van der Waals surface area contributed by atoms with Gasteiger partial charge in [-0.3, -0.25) is 14.4 Å². The molecule has 0 aliphatic heterocycles.